The minimum Gasteiger partial charge on any atom is -0.375 e. The van der Waals surface area contributed by atoms with Crippen LogP contribution in [0.3, 0.4) is 0 Å². The summed E-state index contributed by atoms with van der Waals surface area (Å²) in [5, 5.41) is 2.75. The molecule has 1 aromatic heterocycles. The molecule has 1 aliphatic rings. The minimum atomic E-state index is -4.33. The first-order valence-corrected chi connectivity index (χ1v) is 14.8. The lowest BCUT2D eigenvalue weighted by Gasteiger charge is -2.34. The lowest BCUT2D eigenvalue weighted by Crippen LogP contribution is -2.33. The van der Waals surface area contributed by atoms with Crippen LogP contribution in [0.15, 0.2) is 65.7 Å². The van der Waals surface area contributed by atoms with Gasteiger partial charge in [-0.25, -0.2) is 8.42 Å². The van der Waals surface area contributed by atoms with Crippen molar-refractivity contribution >= 4 is 21.4 Å². The van der Waals surface area contributed by atoms with Crippen LogP contribution in [0.5, 0.6) is 0 Å². The van der Waals surface area contributed by atoms with Crippen molar-refractivity contribution in [3.63, 3.8) is 0 Å². The SMILES string of the molecule is Cc1c(C(=O)Nc2ccc(S(C)(=O)=O)cc2)cn(CCOCc2ccccc2)c1C1CCCCC1C(F)(F)F. The number of nitrogens with one attached hydrogen (secondary N) is 1. The van der Waals surface area contributed by atoms with Crippen LogP contribution >= 0.6 is 0 Å². The molecule has 210 valence electrons. The number of anilines is 1. The number of aromatic nitrogens is 1. The van der Waals surface area contributed by atoms with E-state index >= 15 is 0 Å². The van der Waals surface area contributed by atoms with E-state index in [0.717, 1.165) is 11.8 Å². The standard InChI is InChI=1S/C29H33F3N2O4S/c1-20-25(28(35)33-22-12-14-23(15-13-22)39(2,36)37)18-34(16-17-38-19-21-8-4-3-5-9-21)27(20)24-10-6-7-11-26(24)29(30,31)32/h3-5,8-9,12-15,18,24,26H,6-7,10-11,16-17,19H2,1-2H3,(H,33,35). The zero-order valence-electron chi connectivity index (χ0n) is 22.0. The average Bonchev–Trinajstić information content (AvgIpc) is 3.22. The molecule has 2 unspecified atom stereocenters. The van der Waals surface area contributed by atoms with Crippen molar-refractivity contribution in [1.82, 2.24) is 4.57 Å². The summed E-state index contributed by atoms with van der Waals surface area (Å²) in [5.74, 6) is -2.68. The van der Waals surface area contributed by atoms with Gasteiger partial charge in [0, 0.05) is 36.3 Å². The summed E-state index contributed by atoms with van der Waals surface area (Å²) in [6.07, 6.45) is 0.0553. The van der Waals surface area contributed by atoms with Gasteiger partial charge in [0.25, 0.3) is 5.91 Å². The topological polar surface area (TPSA) is 77.4 Å². The van der Waals surface area contributed by atoms with E-state index in [9.17, 15) is 26.4 Å². The largest absolute Gasteiger partial charge is 0.392 e. The first kappa shape index (κ1) is 28.9. The molecule has 2 atom stereocenters. The molecule has 1 saturated carbocycles. The molecule has 4 rings (SSSR count). The lowest BCUT2D eigenvalue weighted by molar-refractivity contribution is -0.187. The highest BCUT2D eigenvalue weighted by Gasteiger charge is 2.47. The van der Waals surface area contributed by atoms with E-state index in [1.807, 2.05) is 30.3 Å². The van der Waals surface area contributed by atoms with E-state index in [1.165, 1.54) is 24.3 Å². The zero-order valence-corrected chi connectivity index (χ0v) is 22.8. The third kappa shape index (κ3) is 7.10. The fourth-order valence-electron chi connectivity index (χ4n) is 5.34. The van der Waals surface area contributed by atoms with Gasteiger partial charge in [0.15, 0.2) is 9.84 Å². The lowest BCUT2D eigenvalue weighted by atomic mass is 9.76. The van der Waals surface area contributed by atoms with Crippen molar-refractivity contribution in [3.05, 3.63) is 83.2 Å². The molecule has 1 fully saturated rings. The first-order chi connectivity index (χ1) is 18.4. The number of hydrogen-bond acceptors (Lipinski definition) is 4. The maximum Gasteiger partial charge on any atom is 0.392 e. The molecule has 0 spiro atoms. The maximum atomic E-state index is 14.0. The van der Waals surface area contributed by atoms with Crippen LogP contribution in [-0.2, 0) is 27.7 Å². The van der Waals surface area contributed by atoms with E-state index in [2.05, 4.69) is 5.32 Å². The molecule has 1 N–H and O–H groups in total. The number of halogens is 3. The number of rotatable bonds is 9. The highest BCUT2D eigenvalue weighted by atomic mass is 32.2. The Balaban J connectivity index is 1.59. The van der Waals surface area contributed by atoms with Gasteiger partial charge in [0.1, 0.15) is 0 Å². The number of carbonyl (C=O) groups excluding carboxylic acids is 1. The van der Waals surface area contributed by atoms with Gasteiger partial charge in [-0.1, -0.05) is 43.2 Å². The monoisotopic (exact) mass is 562 g/mol. The molecular formula is C29H33F3N2O4S. The van der Waals surface area contributed by atoms with Crippen molar-refractivity contribution in [3.8, 4) is 0 Å². The summed E-state index contributed by atoms with van der Waals surface area (Å²) in [6.45, 7) is 2.65. The normalized spacial score (nSPS) is 18.2. The van der Waals surface area contributed by atoms with Gasteiger partial charge in [-0.2, -0.15) is 13.2 Å². The molecule has 0 aliphatic heterocycles. The van der Waals surface area contributed by atoms with Crippen LogP contribution < -0.4 is 5.32 Å². The summed E-state index contributed by atoms with van der Waals surface area (Å²) in [5.41, 5.74) is 2.71. The number of benzene rings is 2. The van der Waals surface area contributed by atoms with Crippen LogP contribution in [0.25, 0.3) is 0 Å². The molecule has 0 saturated heterocycles. The summed E-state index contributed by atoms with van der Waals surface area (Å²) < 4.78 is 73.2. The molecule has 6 nitrogen and oxygen atoms in total. The molecule has 10 heteroatoms. The predicted octanol–water partition coefficient (Wildman–Crippen LogP) is 6.51. The van der Waals surface area contributed by atoms with Crippen LogP contribution in [-0.4, -0.2) is 37.9 Å². The molecule has 0 bridgehead atoms. The quantitative estimate of drug-likeness (QED) is 0.302. The van der Waals surface area contributed by atoms with Crippen LogP contribution in [0, 0.1) is 12.8 Å². The van der Waals surface area contributed by atoms with Gasteiger partial charge in [0.2, 0.25) is 0 Å². The Morgan fingerprint density at radius 3 is 2.36 bits per heavy atom. The smallest absolute Gasteiger partial charge is 0.375 e. The van der Waals surface area contributed by atoms with Gasteiger partial charge < -0.3 is 14.6 Å². The molecule has 1 amide bonds. The van der Waals surface area contributed by atoms with Crippen molar-refractivity contribution in [2.45, 2.75) is 62.7 Å². The third-order valence-corrected chi connectivity index (χ3v) is 8.42. The van der Waals surface area contributed by atoms with E-state index in [1.54, 1.807) is 17.7 Å². The number of nitrogens with zero attached hydrogens (tertiary/aromatic N) is 1. The predicted molar refractivity (Wildman–Crippen MR) is 144 cm³/mol. The van der Waals surface area contributed by atoms with Gasteiger partial charge in [0.05, 0.1) is 29.6 Å². The Morgan fingerprint density at radius 1 is 1.05 bits per heavy atom. The second-order valence-electron chi connectivity index (χ2n) is 10.1. The highest BCUT2D eigenvalue weighted by Crippen LogP contribution is 2.47. The number of ether oxygens (including phenoxy) is 1. The first-order valence-electron chi connectivity index (χ1n) is 12.9. The van der Waals surface area contributed by atoms with Crippen molar-refractivity contribution in [1.29, 1.82) is 0 Å². The highest BCUT2D eigenvalue weighted by molar-refractivity contribution is 7.90. The third-order valence-electron chi connectivity index (χ3n) is 7.29. The van der Waals surface area contributed by atoms with E-state index < -0.39 is 33.8 Å². The molecule has 39 heavy (non-hydrogen) atoms. The van der Waals surface area contributed by atoms with Gasteiger partial charge in [-0.05, 0) is 55.2 Å². The fraction of sp³-hybridized carbons (Fsp3) is 0.414. The van der Waals surface area contributed by atoms with Crippen molar-refractivity contribution in [2.75, 3.05) is 18.2 Å². The van der Waals surface area contributed by atoms with E-state index in [4.69, 9.17) is 4.74 Å². The van der Waals surface area contributed by atoms with Crippen LogP contribution in [0.4, 0.5) is 18.9 Å². The Kier molecular flexibility index (Phi) is 8.86. The zero-order chi connectivity index (χ0) is 28.2. The second kappa shape index (κ2) is 12.0. The second-order valence-corrected chi connectivity index (χ2v) is 12.1. The molecule has 3 aromatic rings. The average molecular weight is 563 g/mol. The van der Waals surface area contributed by atoms with Gasteiger partial charge >= 0.3 is 6.18 Å². The van der Waals surface area contributed by atoms with Gasteiger partial charge in [-0.3, -0.25) is 4.79 Å². The van der Waals surface area contributed by atoms with Crippen LogP contribution in [0.1, 0.15) is 58.8 Å². The van der Waals surface area contributed by atoms with Gasteiger partial charge in [-0.15, -0.1) is 0 Å². The van der Waals surface area contributed by atoms with E-state index in [0.29, 0.717) is 49.4 Å². The van der Waals surface area contributed by atoms with Crippen molar-refractivity contribution < 1.29 is 31.1 Å². The summed E-state index contributed by atoms with van der Waals surface area (Å²) in [4.78, 5) is 13.4. The Bertz CT molecular complexity index is 1380. The van der Waals surface area contributed by atoms with E-state index in [-0.39, 0.29) is 23.5 Å². The summed E-state index contributed by atoms with van der Waals surface area (Å²) in [6, 6.07) is 15.4. The summed E-state index contributed by atoms with van der Waals surface area (Å²) >= 11 is 0. The number of hydrogen-bond donors (Lipinski definition) is 1. The molecule has 0 radical (unpaired) electrons. The molecular weight excluding hydrogens is 529 g/mol. The summed E-state index contributed by atoms with van der Waals surface area (Å²) in [7, 11) is -3.39. The minimum absolute atomic E-state index is 0.0670. The molecule has 1 aliphatic carbocycles. The Morgan fingerprint density at radius 2 is 1.72 bits per heavy atom. The van der Waals surface area contributed by atoms with Crippen LogP contribution in [0.2, 0.25) is 0 Å². The van der Waals surface area contributed by atoms with Crippen molar-refractivity contribution in [2.24, 2.45) is 5.92 Å². The fourth-order valence-corrected chi connectivity index (χ4v) is 5.97. The molecule has 2 aromatic carbocycles. The number of alkyl halides is 3. The Labute approximate surface area is 227 Å². The number of amides is 1. The maximum absolute atomic E-state index is 14.0. The number of carbonyl (C=O) groups is 1. The Hall–Kier alpha value is -3.11. The number of sulfone groups is 1. The molecule has 1 heterocycles.